The van der Waals surface area contributed by atoms with Gasteiger partial charge in [0.25, 0.3) is 0 Å². The third kappa shape index (κ3) is 3.46. The predicted molar refractivity (Wildman–Crippen MR) is 79.3 cm³/mol. The van der Waals surface area contributed by atoms with Crippen LogP contribution in [0.25, 0.3) is 5.69 Å². The van der Waals surface area contributed by atoms with Crippen LogP contribution in [0.3, 0.4) is 0 Å². The summed E-state index contributed by atoms with van der Waals surface area (Å²) in [6.07, 6.45) is -5.17. The first-order valence-electron chi connectivity index (χ1n) is 6.19. The summed E-state index contributed by atoms with van der Waals surface area (Å²) in [6, 6.07) is 5.20. The molecule has 124 valence electrons. The lowest BCUT2D eigenvalue weighted by molar-refractivity contribution is -0.278. The van der Waals surface area contributed by atoms with E-state index >= 15 is 0 Å². The molecule has 2 rings (SSSR count). The lowest BCUT2D eigenvalue weighted by Gasteiger charge is -2.25. The third-order valence-electron chi connectivity index (χ3n) is 2.80. The van der Waals surface area contributed by atoms with Crippen LogP contribution in [-0.4, -0.2) is 33.8 Å². The largest absolute Gasteiger partial charge is 0.464 e. The van der Waals surface area contributed by atoms with Crippen LogP contribution in [0.5, 0.6) is 5.75 Å². The number of alkyl halides is 4. The van der Waals surface area contributed by atoms with E-state index in [0.717, 1.165) is 0 Å². The zero-order valence-corrected chi connectivity index (χ0v) is 13.3. The Morgan fingerprint density at radius 3 is 2.35 bits per heavy atom. The molecule has 1 N–H and O–H groups in total. The minimum Gasteiger partial charge on any atom is -0.447 e. The highest BCUT2D eigenvalue weighted by Crippen LogP contribution is 2.37. The van der Waals surface area contributed by atoms with E-state index in [9.17, 15) is 17.6 Å². The van der Waals surface area contributed by atoms with E-state index in [0.29, 0.717) is 16.4 Å². The van der Waals surface area contributed by atoms with E-state index in [-0.39, 0.29) is 11.8 Å². The third-order valence-corrected chi connectivity index (χ3v) is 3.14. The van der Waals surface area contributed by atoms with Crippen molar-refractivity contribution in [3.8, 4) is 11.4 Å². The molecular weight excluding hydrogens is 384 g/mol. The van der Waals surface area contributed by atoms with Crippen molar-refractivity contribution >= 4 is 21.9 Å². The van der Waals surface area contributed by atoms with Gasteiger partial charge in [-0.05, 0) is 46.3 Å². The van der Waals surface area contributed by atoms with Gasteiger partial charge in [-0.3, -0.25) is 0 Å². The Morgan fingerprint density at radius 1 is 1.26 bits per heavy atom. The fourth-order valence-corrected chi connectivity index (χ4v) is 2.00. The summed E-state index contributed by atoms with van der Waals surface area (Å²) in [6.45, 7) is 2.83. The maximum Gasteiger partial charge on any atom is 0.464 e. The lowest BCUT2D eigenvalue weighted by atomic mass is 10.2. The van der Waals surface area contributed by atoms with Crippen molar-refractivity contribution < 1.29 is 22.3 Å². The zero-order valence-electron chi connectivity index (χ0n) is 11.7. The molecule has 10 heteroatoms. The number of benzene rings is 1. The Labute approximate surface area is 137 Å². The monoisotopic (exact) mass is 394 g/mol. The number of ether oxygens (including phenoxy) is 1. The minimum atomic E-state index is -5.23. The molecule has 0 bridgehead atoms. The molecule has 1 unspecified atom stereocenters. The van der Waals surface area contributed by atoms with Crippen LogP contribution in [0.15, 0.2) is 41.7 Å². The molecule has 0 aliphatic heterocycles. The number of anilines is 1. The first-order valence-corrected chi connectivity index (χ1v) is 6.98. The molecule has 0 saturated heterocycles. The molecular formula is C13H11BrF4N4O. The molecule has 1 heterocycles. The summed E-state index contributed by atoms with van der Waals surface area (Å²) >= 11 is 3.11. The van der Waals surface area contributed by atoms with Crippen molar-refractivity contribution in [2.24, 2.45) is 0 Å². The van der Waals surface area contributed by atoms with E-state index in [1.807, 2.05) is 0 Å². The first kappa shape index (κ1) is 17.3. The second-order valence-electron chi connectivity index (χ2n) is 4.31. The SMILES string of the molecule is C=CC(F)(Oc1ccc(-n2nc(Br)nc2NC)cc1)C(F)(F)F. The quantitative estimate of drug-likeness (QED) is 0.617. The minimum absolute atomic E-state index is 0.0640. The Balaban J connectivity index is 2.28. The molecule has 0 aliphatic carbocycles. The van der Waals surface area contributed by atoms with E-state index in [4.69, 9.17) is 0 Å². The molecule has 0 amide bonds. The van der Waals surface area contributed by atoms with Crippen LogP contribution < -0.4 is 10.1 Å². The van der Waals surface area contributed by atoms with E-state index in [1.165, 1.54) is 28.9 Å². The Bertz CT molecular complexity index is 701. The molecule has 0 saturated carbocycles. The molecule has 5 nitrogen and oxygen atoms in total. The molecule has 0 spiro atoms. The molecule has 2 aromatic rings. The number of rotatable bonds is 5. The van der Waals surface area contributed by atoms with Crippen LogP contribution in [0.1, 0.15) is 0 Å². The average molecular weight is 395 g/mol. The Hall–Kier alpha value is -2.10. The number of hydrogen-bond acceptors (Lipinski definition) is 4. The van der Waals surface area contributed by atoms with E-state index < -0.39 is 12.0 Å². The highest BCUT2D eigenvalue weighted by atomic mass is 79.9. The predicted octanol–water partition coefficient (Wildman–Crippen LogP) is 3.86. The van der Waals surface area contributed by atoms with Gasteiger partial charge in [0.05, 0.1) is 5.69 Å². The molecule has 0 radical (unpaired) electrons. The Kier molecular flexibility index (Phi) is 4.64. The molecule has 0 aliphatic rings. The molecule has 1 atom stereocenters. The maximum absolute atomic E-state index is 13.8. The summed E-state index contributed by atoms with van der Waals surface area (Å²) in [5, 5.41) is 6.86. The molecule has 1 aromatic carbocycles. The van der Waals surface area contributed by atoms with Crippen LogP contribution in [0, 0.1) is 0 Å². The summed E-state index contributed by atoms with van der Waals surface area (Å²) in [4.78, 5) is 4.04. The van der Waals surface area contributed by atoms with Crippen molar-refractivity contribution in [1.29, 1.82) is 0 Å². The van der Waals surface area contributed by atoms with Crippen LogP contribution in [-0.2, 0) is 0 Å². The number of aromatic nitrogens is 3. The zero-order chi connectivity index (χ0) is 17.3. The second kappa shape index (κ2) is 6.19. The van der Waals surface area contributed by atoms with Gasteiger partial charge in [-0.1, -0.05) is 6.58 Å². The highest BCUT2D eigenvalue weighted by molar-refractivity contribution is 9.10. The normalized spacial score (nSPS) is 14.2. The van der Waals surface area contributed by atoms with Gasteiger partial charge >= 0.3 is 12.0 Å². The van der Waals surface area contributed by atoms with Gasteiger partial charge in [0.1, 0.15) is 5.75 Å². The number of hydrogen-bond donors (Lipinski definition) is 1. The van der Waals surface area contributed by atoms with Crippen LogP contribution in [0.2, 0.25) is 0 Å². The van der Waals surface area contributed by atoms with Crippen molar-refractivity contribution in [2.75, 3.05) is 12.4 Å². The second-order valence-corrected chi connectivity index (χ2v) is 5.02. The Morgan fingerprint density at radius 2 is 1.87 bits per heavy atom. The van der Waals surface area contributed by atoms with Gasteiger partial charge in [-0.2, -0.15) is 27.2 Å². The van der Waals surface area contributed by atoms with Gasteiger partial charge < -0.3 is 10.1 Å². The number of nitrogens with zero attached hydrogens (tertiary/aromatic N) is 3. The fourth-order valence-electron chi connectivity index (χ4n) is 1.67. The van der Waals surface area contributed by atoms with Gasteiger partial charge in [0.15, 0.2) is 0 Å². The topological polar surface area (TPSA) is 52.0 Å². The van der Waals surface area contributed by atoms with Crippen LogP contribution >= 0.6 is 15.9 Å². The lowest BCUT2D eigenvalue weighted by Crippen LogP contribution is -2.44. The summed E-state index contributed by atoms with van der Waals surface area (Å²) in [5.74, 6) is -3.86. The van der Waals surface area contributed by atoms with Crippen molar-refractivity contribution in [3.05, 3.63) is 41.7 Å². The van der Waals surface area contributed by atoms with Gasteiger partial charge in [0.2, 0.25) is 10.7 Å². The average Bonchev–Trinajstić information content (AvgIpc) is 2.88. The van der Waals surface area contributed by atoms with Crippen molar-refractivity contribution in [3.63, 3.8) is 0 Å². The standard InChI is InChI=1S/C13H11BrF4N4O/c1-3-12(15,13(16,17)18)23-9-6-4-8(5-7-9)22-11(19-2)20-10(14)21-22/h3-7H,1H2,2H3,(H,19,20,21). The van der Waals surface area contributed by atoms with Crippen LogP contribution in [0.4, 0.5) is 23.5 Å². The number of halogens is 5. The maximum atomic E-state index is 13.8. The smallest absolute Gasteiger partial charge is 0.447 e. The molecule has 0 fully saturated rings. The summed E-state index contributed by atoms with van der Waals surface area (Å²) in [5.41, 5.74) is 0.495. The van der Waals surface area contributed by atoms with E-state index in [1.54, 1.807) is 7.05 Å². The van der Waals surface area contributed by atoms with E-state index in [2.05, 4.69) is 42.6 Å². The summed E-state index contributed by atoms with van der Waals surface area (Å²) < 4.78 is 57.8. The highest BCUT2D eigenvalue weighted by Gasteiger charge is 2.56. The van der Waals surface area contributed by atoms with Gasteiger partial charge in [0, 0.05) is 7.05 Å². The number of nitrogens with one attached hydrogen (secondary N) is 1. The summed E-state index contributed by atoms with van der Waals surface area (Å²) in [7, 11) is 1.63. The van der Waals surface area contributed by atoms with Crippen molar-refractivity contribution in [2.45, 2.75) is 12.0 Å². The van der Waals surface area contributed by atoms with Gasteiger partial charge in [-0.25, -0.2) is 0 Å². The van der Waals surface area contributed by atoms with Gasteiger partial charge in [-0.15, -0.1) is 5.10 Å². The molecule has 1 aromatic heterocycles. The molecule has 23 heavy (non-hydrogen) atoms. The fraction of sp³-hybridized carbons (Fsp3) is 0.231. The van der Waals surface area contributed by atoms with Crippen molar-refractivity contribution in [1.82, 2.24) is 14.8 Å². The first-order chi connectivity index (χ1) is 10.7.